The Morgan fingerprint density at radius 3 is 2.09 bits per heavy atom. The second-order valence-electron chi connectivity index (χ2n) is 4.90. The van der Waals surface area contributed by atoms with E-state index in [-0.39, 0.29) is 10.8 Å². The Labute approximate surface area is 133 Å². The van der Waals surface area contributed by atoms with Crippen LogP contribution in [-0.2, 0) is 0 Å². The Morgan fingerprint density at radius 1 is 0.818 bits per heavy atom. The van der Waals surface area contributed by atoms with Crippen LogP contribution in [0.2, 0.25) is 5.02 Å². The minimum Gasteiger partial charge on any atom is -0.289 e. The van der Waals surface area contributed by atoms with Gasteiger partial charge in [0.15, 0.2) is 5.78 Å². The van der Waals surface area contributed by atoms with Crippen molar-refractivity contribution in [3.05, 3.63) is 94.8 Å². The number of carbonyl (C=O) groups is 1. The third-order valence-corrected chi connectivity index (χ3v) is 3.74. The van der Waals surface area contributed by atoms with Gasteiger partial charge in [-0.1, -0.05) is 66.2 Å². The average molecular weight is 311 g/mol. The Hall–Kier alpha value is -2.45. The number of halogens is 2. The fraction of sp³-hybridized carbons (Fsp3) is 0. The first-order chi connectivity index (χ1) is 10.6. The van der Waals surface area contributed by atoms with Crippen LogP contribution in [-0.4, -0.2) is 5.78 Å². The average Bonchev–Trinajstić information content (AvgIpc) is 2.55. The molecule has 0 atom stereocenters. The maximum Gasteiger partial charge on any atom is 0.194 e. The number of carbonyl (C=O) groups excluding carboxylic acids is 1. The molecular weight excluding hydrogens is 299 g/mol. The number of hydrogen-bond acceptors (Lipinski definition) is 1. The Kier molecular flexibility index (Phi) is 4.03. The van der Waals surface area contributed by atoms with Gasteiger partial charge >= 0.3 is 0 Å². The number of hydrogen-bond donors (Lipinski definition) is 0. The molecule has 0 saturated carbocycles. The highest BCUT2D eigenvalue weighted by Crippen LogP contribution is 2.23. The van der Waals surface area contributed by atoms with E-state index in [4.69, 9.17) is 11.6 Å². The fourth-order valence-electron chi connectivity index (χ4n) is 2.27. The molecule has 3 heteroatoms. The lowest BCUT2D eigenvalue weighted by Crippen LogP contribution is -2.02. The molecule has 0 amide bonds. The van der Waals surface area contributed by atoms with Gasteiger partial charge in [-0.15, -0.1) is 0 Å². The lowest BCUT2D eigenvalue weighted by atomic mass is 9.99. The largest absolute Gasteiger partial charge is 0.289 e. The van der Waals surface area contributed by atoms with Gasteiger partial charge in [0.05, 0.1) is 5.02 Å². The highest BCUT2D eigenvalue weighted by atomic mass is 35.5. The summed E-state index contributed by atoms with van der Waals surface area (Å²) < 4.78 is 13.1. The summed E-state index contributed by atoms with van der Waals surface area (Å²) in [6.07, 6.45) is 0. The van der Waals surface area contributed by atoms with Gasteiger partial charge in [0.2, 0.25) is 0 Å². The second kappa shape index (κ2) is 6.12. The van der Waals surface area contributed by atoms with Crippen molar-refractivity contribution < 1.29 is 9.18 Å². The molecule has 3 aromatic rings. The maximum atomic E-state index is 13.1. The maximum absolute atomic E-state index is 13.1. The van der Waals surface area contributed by atoms with Gasteiger partial charge in [-0.05, 0) is 29.3 Å². The number of ketones is 1. The highest BCUT2D eigenvalue weighted by molar-refractivity contribution is 6.35. The van der Waals surface area contributed by atoms with Crippen molar-refractivity contribution in [3.8, 4) is 11.1 Å². The van der Waals surface area contributed by atoms with Crippen molar-refractivity contribution in [2.45, 2.75) is 0 Å². The predicted molar refractivity (Wildman–Crippen MR) is 86.7 cm³/mol. The van der Waals surface area contributed by atoms with Crippen LogP contribution in [0.3, 0.4) is 0 Å². The van der Waals surface area contributed by atoms with Gasteiger partial charge in [-0.2, -0.15) is 0 Å². The zero-order valence-corrected chi connectivity index (χ0v) is 12.3. The summed E-state index contributed by atoms with van der Waals surface area (Å²) in [5.74, 6) is -0.675. The third-order valence-electron chi connectivity index (χ3n) is 3.43. The summed E-state index contributed by atoms with van der Waals surface area (Å²) >= 11 is 5.94. The summed E-state index contributed by atoms with van der Waals surface area (Å²) in [5, 5.41) is 0.122. The number of rotatable bonds is 3. The SMILES string of the molecule is O=C(c1ccc(-c2ccccc2)cc1)c1ccc(F)cc1Cl. The molecule has 0 saturated heterocycles. The molecule has 3 rings (SSSR count). The second-order valence-corrected chi connectivity index (χ2v) is 5.30. The molecule has 0 bridgehead atoms. The van der Waals surface area contributed by atoms with E-state index in [2.05, 4.69) is 0 Å². The van der Waals surface area contributed by atoms with Crippen LogP contribution in [0.25, 0.3) is 11.1 Å². The van der Waals surface area contributed by atoms with E-state index in [1.165, 1.54) is 12.1 Å². The number of benzene rings is 3. The summed E-state index contributed by atoms with van der Waals surface area (Å²) in [4.78, 5) is 12.4. The quantitative estimate of drug-likeness (QED) is 0.594. The zero-order chi connectivity index (χ0) is 15.5. The minimum absolute atomic E-state index is 0.122. The van der Waals surface area contributed by atoms with E-state index in [1.807, 2.05) is 42.5 Å². The lowest BCUT2D eigenvalue weighted by Gasteiger charge is -2.06. The Bertz CT molecular complexity index is 811. The first-order valence-electron chi connectivity index (χ1n) is 6.80. The van der Waals surface area contributed by atoms with Crippen LogP contribution in [0.15, 0.2) is 72.8 Å². The van der Waals surface area contributed by atoms with Crippen LogP contribution in [0.4, 0.5) is 4.39 Å². The molecule has 0 aliphatic carbocycles. The van der Waals surface area contributed by atoms with Crippen molar-refractivity contribution in [2.75, 3.05) is 0 Å². The molecule has 108 valence electrons. The van der Waals surface area contributed by atoms with Crippen molar-refractivity contribution in [3.63, 3.8) is 0 Å². The van der Waals surface area contributed by atoms with E-state index in [0.717, 1.165) is 17.2 Å². The molecular formula is C19H12ClFO. The highest BCUT2D eigenvalue weighted by Gasteiger charge is 2.13. The van der Waals surface area contributed by atoms with E-state index in [1.54, 1.807) is 12.1 Å². The van der Waals surface area contributed by atoms with Crippen molar-refractivity contribution >= 4 is 17.4 Å². The molecule has 0 aliphatic heterocycles. The summed E-state index contributed by atoms with van der Waals surface area (Å²) in [5.41, 5.74) is 2.94. The molecule has 0 radical (unpaired) electrons. The first kappa shape index (κ1) is 14.5. The molecule has 3 aromatic carbocycles. The molecule has 0 aliphatic rings. The third kappa shape index (κ3) is 2.92. The molecule has 0 heterocycles. The molecule has 1 nitrogen and oxygen atoms in total. The van der Waals surface area contributed by atoms with E-state index >= 15 is 0 Å². The normalized spacial score (nSPS) is 10.5. The van der Waals surface area contributed by atoms with Gasteiger partial charge in [-0.3, -0.25) is 4.79 Å². The van der Waals surface area contributed by atoms with Gasteiger partial charge in [-0.25, -0.2) is 4.39 Å². The Balaban J connectivity index is 1.91. The molecule has 22 heavy (non-hydrogen) atoms. The minimum atomic E-state index is -0.457. The van der Waals surface area contributed by atoms with Crippen LogP contribution in [0, 0.1) is 5.82 Å². The van der Waals surface area contributed by atoms with E-state index < -0.39 is 5.82 Å². The molecule has 0 N–H and O–H groups in total. The monoisotopic (exact) mass is 310 g/mol. The van der Waals surface area contributed by atoms with Gasteiger partial charge in [0, 0.05) is 11.1 Å². The molecule has 0 spiro atoms. The molecule has 0 fully saturated rings. The van der Waals surface area contributed by atoms with E-state index in [9.17, 15) is 9.18 Å². The van der Waals surface area contributed by atoms with Gasteiger partial charge in [0.1, 0.15) is 5.82 Å². The van der Waals surface area contributed by atoms with Crippen molar-refractivity contribution in [2.24, 2.45) is 0 Å². The summed E-state index contributed by atoms with van der Waals surface area (Å²) in [6.45, 7) is 0. The standard InChI is InChI=1S/C19H12ClFO/c20-18-12-16(21)10-11-17(18)19(22)15-8-6-14(7-9-15)13-4-2-1-3-5-13/h1-12H. The first-order valence-corrected chi connectivity index (χ1v) is 7.18. The topological polar surface area (TPSA) is 17.1 Å². The van der Waals surface area contributed by atoms with Crippen LogP contribution >= 0.6 is 11.6 Å². The smallest absolute Gasteiger partial charge is 0.194 e. The fourth-order valence-corrected chi connectivity index (χ4v) is 2.53. The van der Waals surface area contributed by atoms with Crippen LogP contribution in [0.5, 0.6) is 0 Å². The Morgan fingerprint density at radius 2 is 1.45 bits per heavy atom. The van der Waals surface area contributed by atoms with E-state index in [0.29, 0.717) is 11.1 Å². The predicted octanol–water partition coefficient (Wildman–Crippen LogP) is 5.38. The van der Waals surface area contributed by atoms with Crippen LogP contribution < -0.4 is 0 Å². The summed E-state index contributed by atoms with van der Waals surface area (Å²) in [7, 11) is 0. The van der Waals surface area contributed by atoms with Crippen molar-refractivity contribution in [1.29, 1.82) is 0 Å². The molecule has 0 unspecified atom stereocenters. The molecule has 0 aromatic heterocycles. The summed E-state index contributed by atoms with van der Waals surface area (Å²) in [6, 6.07) is 21.0. The lowest BCUT2D eigenvalue weighted by molar-refractivity contribution is 0.103. The zero-order valence-electron chi connectivity index (χ0n) is 11.6. The van der Waals surface area contributed by atoms with Crippen LogP contribution in [0.1, 0.15) is 15.9 Å². The van der Waals surface area contributed by atoms with Crippen molar-refractivity contribution in [1.82, 2.24) is 0 Å². The van der Waals surface area contributed by atoms with Gasteiger partial charge < -0.3 is 0 Å². The van der Waals surface area contributed by atoms with Gasteiger partial charge in [0.25, 0.3) is 0 Å².